The van der Waals surface area contributed by atoms with E-state index in [1.807, 2.05) is 48.5 Å². The van der Waals surface area contributed by atoms with E-state index in [-0.39, 0.29) is 23.0 Å². The van der Waals surface area contributed by atoms with Crippen molar-refractivity contribution in [1.82, 2.24) is 0 Å². The maximum absolute atomic E-state index is 10.5. The molecule has 33 heavy (non-hydrogen) atoms. The smallest absolute Gasteiger partial charge is 0.157 e. The van der Waals surface area contributed by atoms with Gasteiger partial charge in [0.25, 0.3) is 0 Å². The van der Waals surface area contributed by atoms with Gasteiger partial charge in [0.2, 0.25) is 0 Å². The summed E-state index contributed by atoms with van der Waals surface area (Å²) in [7, 11) is 0. The van der Waals surface area contributed by atoms with E-state index in [0.717, 1.165) is 22.3 Å². The number of rotatable bonds is 4. The van der Waals surface area contributed by atoms with Gasteiger partial charge in [-0.25, -0.2) is 0 Å². The van der Waals surface area contributed by atoms with Crippen LogP contribution in [-0.2, 0) is 18.6 Å². The van der Waals surface area contributed by atoms with E-state index in [1.54, 1.807) is 0 Å². The largest absolute Gasteiger partial charge is 0.504 e. The normalized spacial score (nSPS) is 13.5. The lowest BCUT2D eigenvalue weighted by molar-refractivity contribution is 0.276. The zero-order chi connectivity index (χ0) is 23.3. The van der Waals surface area contributed by atoms with Gasteiger partial charge >= 0.3 is 0 Å². The quantitative estimate of drug-likeness (QED) is 0.235. The molecule has 4 aromatic carbocycles. The van der Waals surface area contributed by atoms with Crippen molar-refractivity contribution in [2.45, 2.75) is 18.6 Å². The zero-order valence-electron chi connectivity index (χ0n) is 17.5. The van der Waals surface area contributed by atoms with Crippen LogP contribution in [0, 0.1) is 0 Å². The Morgan fingerprint density at radius 3 is 1.24 bits per heavy atom. The third-order valence-electron chi connectivity index (χ3n) is 6.50. The Kier molecular flexibility index (Phi) is 4.78. The number of phenolic OH excluding ortho intramolecular Hbond substituents is 4. The van der Waals surface area contributed by atoms with Crippen molar-refractivity contribution < 1.29 is 30.6 Å². The standard InChI is InChI=1S/C27H22O6/c28-13-15-9-23(30)25(32)11-21(15)27(22-12-26(33)24(31)10-16(22)14-29)19-7-3-1-5-17(19)18-6-2-4-8-20(18)27/h1-12,28-33H,13-14H2. The third-order valence-corrected chi connectivity index (χ3v) is 6.50. The molecule has 4 aromatic rings. The molecule has 0 heterocycles. The van der Waals surface area contributed by atoms with Gasteiger partial charge in [0, 0.05) is 0 Å². The van der Waals surface area contributed by atoms with E-state index in [0.29, 0.717) is 22.3 Å². The Labute approximate surface area is 189 Å². The lowest BCUT2D eigenvalue weighted by Gasteiger charge is -2.37. The number of phenols is 4. The summed E-state index contributed by atoms with van der Waals surface area (Å²) in [5, 5.41) is 61.8. The fourth-order valence-corrected chi connectivity index (χ4v) is 5.16. The molecule has 0 radical (unpaired) electrons. The van der Waals surface area contributed by atoms with Gasteiger partial charge in [0.1, 0.15) is 0 Å². The van der Waals surface area contributed by atoms with Gasteiger partial charge < -0.3 is 30.6 Å². The number of fused-ring (bicyclic) bond motifs is 3. The first-order valence-corrected chi connectivity index (χ1v) is 10.4. The average molecular weight is 442 g/mol. The molecule has 0 spiro atoms. The summed E-state index contributed by atoms with van der Waals surface area (Å²) in [6.45, 7) is -0.846. The molecule has 6 nitrogen and oxygen atoms in total. The number of aliphatic hydroxyl groups excluding tert-OH is 2. The summed E-state index contributed by atoms with van der Waals surface area (Å²) >= 11 is 0. The molecule has 5 rings (SSSR count). The van der Waals surface area contributed by atoms with Gasteiger partial charge in [0.05, 0.1) is 18.6 Å². The molecule has 0 saturated heterocycles. The van der Waals surface area contributed by atoms with Crippen LogP contribution in [0.15, 0.2) is 72.8 Å². The van der Waals surface area contributed by atoms with Gasteiger partial charge in [-0.2, -0.15) is 0 Å². The molecule has 0 bridgehead atoms. The molecule has 1 aliphatic carbocycles. The van der Waals surface area contributed by atoms with Crippen LogP contribution in [0.5, 0.6) is 23.0 Å². The van der Waals surface area contributed by atoms with Gasteiger partial charge in [-0.05, 0) is 68.8 Å². The van der Waals surface area contributed by atoms with Crippen LogP contribution >= 0.6 is 0 Å². The highest BCUT2D eigenvalue weighted by molar-refractivity contribution is 5.87. The summed E-state index contributed by atoms with van der Waals surface area (Å²) in [5.41, 5.74) is 4.00. The van der Waals surface area contributed by atoms with Crippen LogP contribution in [0.1, 0.15) is 33.4 Å². The third kappa shape index (κ3) is 2.81. The Morgan fingerprint density at radius 2 is 0.848 bits per heavy atom. The Balaban J connectivity index is 2.05. The van der Waals surface area contributed by atoms with E-state index in [9.17, 15) is 30.6 Å². The van der Waals surface area contributed by atoms with Crippen LogP contribution in [0.4, 0.5) is 0 Å². The fraction of sp³-hybridized carbons (Fsp3) is 0.111. The average Bonchev–Trinajstić information content (AvgIpc) is 3.13. The summed E-state index contributed by atoms with van der Waals surface area (Å²) in [4.78, 5) is 0. The lowest BCUT2D eigenvalue weighted by atomic mass is 9.65. The van der Waals surface area contributed by atoms with Gasteiger partial charge in [-0.1, -0.05) is 48.5 Å². The van der Waals surface area contributed by atoms with Gasteiger partial charge in [0.15, 0.2) is 23.0 Å². The monoisotopic (exact) mass is 442 g/mol. The number of hydrogen-bond donors (Lipinski definition) is 6. The summed E-state index contributed by atoms with van der Waals surface area (Å²) in [5.74, 6) is -1.46. The summed E-state index contributed by atoms with van der Waals surface area (Å²) in [6.07, 6.45) is 0. The molecule has 0 amide bonds. The highest BCUT2D eigenvalue weighted by atomic mass is 16.3. The zero-order valence-corrected chi connectivity index (χ0v) is 17.5. The minimum atomic E-state index is -1.17. The molecule has 0 aliphatic heterocycles. The van der Waals surface area contributed by atoms with Crippen LogP contribution in [0.25, 0.3) is 11.1 Å². The fourth-order valence-electron chi connectivity index (χ4n) is 5.16. The topological polar surface area (TPSA) is 121 Å². The van der Waals surface area contributed by atoms with E-state index in [2.05, 4.69) is 0 Å². The van der Waals surface area contributed by atoms with Crippen LogP contribution in [0.2, 0.25) is 0 Å². The molecule has 0 unspecified atom stereocenters. The molecular weight excluding hydrogens is 420 g/mol. The molecule has 6 N–H and O–H groups in total. The Hall–Kier alpha value is -4.00. The first-order valence-electron chi connectivity index (χ1n) is 10.4. The van der Waals surface area contributed by atoms with Crippen molar-refractivity contribution in [3.05, 3.63) is 106 Å². The van der Waals surface area contributed by atoms with Crippen molar-refractivity contribution in [3.8, 4) is 34.1 Å². The van der Waals surface area contributed by atoms with Crippen LogP contribution in [-0.4, -0.2) is 30.6 Å². The molecule has 0 saturated carbocycles. The molecule has 166 valence electrons. The maximum Gasteiger partial charge on any atom is 0.157 e. The number of aromatic hydroxyl groups is 4. The lowest BCUT2D eigenvalue weighted by Crippen LogP contribution is -2.31. The first-order chi connectivity index (χ1) is 15.9. The second-order valence-corrected chi connectivity index (χ2v) is 8.15. The van der Waals surface area contributed by atoms with Crippen LogP contribution < -0.4 is 0 Å². The second kappa shape index (κ2) is 7.55. The minimum absolute atomic E-state index is 0.364. The van der Waals surface area contributed by atoms with Crippen molar-refractivity contribution in [3.63, 3.8) is 0 Å². The van der Waals surface area contributed by atoms with Gasteiger partial charge in [-0.15, -0.1) is 0 Å². The van der Waals surface area contributed by atoms with Gasteiger partial charge in [-0.3, -0.25) is 0 Å². The molecular formula is C27H22O6. The summed E-state index contributed by atoms with van der Waals surface area (Å²) in [6, 6.07) is 20.8. The maximum atomic E-state index is 10.5. The van der Waals surface area contributed by atoms with Crippen LogP contribution in [0.3, 0.4) is 0 Å². The van der Waals surface area contributed by atoms with E-state index >= 15 is 0 Å². The Bertz CT molecular complexity index is 1280. The van der Waals surface area contributed by atoms with Crippen molar-refractivity contribution in [1.29, 1.82) is 0 Å². The first kappa shape index (κ1) is 20.9. The predicted molar refractivity (Wildman–Crippen MR) is 122 cm³/mol. The molecule has 0 aromatic heterocycles. The van der Waals surface area contributed by atoms with E-state index in [4.69, 9.17) is 0 Å². The number of aliphatic hydroxyl groups is 2. The van der Waals surface area contributed by atoms with Crippen molar-refractivity contribution in [2.24, 2.45) is 0 Å². The number of benzene rings is 4. The molecule has 6 heteroatoms. The minimum Gasteiger partial charge on any atom is -0.504 e. The van der Waals surface area contributed by atoms with E-state index < -0.39 is 18.6 Å². The van der Waals surface area contributed by atoms with Crippen molar-refractivity contribution >= 4 is 0 Å². The molecule has 0 fully saturated rings. The van der Waals surface area contributed by atoms with Crippen molar-refractivity contribution in [2.75, 3.05) is 0 Å². The highest BCUT2D eigenvalue weighted by Gasteiger charge is 2.48. The molecule has 0 atom stereocenters. The summed E-state index contributed by atoms with van der Waals surface area (Å²) < 4.78 is 0. The Morgan fingerprint density at radius 1 is 0.485 bits per heavy atom. The number of hydrogen-bond acceptors (Lipinski definition) is 6. The predicted octanol–water partition coefficient (Wildman–Crippen LogP) is 3.86. The van der Waals surface area contributed by atoms with E-state index in [1.165, 1.54) is 24.3 Å². The molecule has 1 aliphatic rings. The SMILES string of the molecule is OCc1cc(O)c(O)cc1C1(c2cc(O)c(O)cc2CO)c2ccccc2-c2ccccc21. The highest BCUT2D eigenvalue weighted by Crippen LogP contribution is 2.58. The second-order valence-electron chi connectivity index (χ2n) is 8.15.